The van der Waals surface area contributed by atoms with Crippen LogP contribution in [0.4, 0.5) is 0 Å². The van der Waals surface area contributed by atoms with Crippen molar-refractivity contribution in [3.63, 3.8) is 0 Å². The summed E-state index contributed by atoms with van der Waals surface area (Å²) >= 11 is 0. The Bertz CT molecular complexity index is 659. The molecule has 0 radical (unpaired) electrons. The van der Waals surface area contributed by atoms with E-state index >= 15 is 0 Å². The SMILES string of the molecule is CCCCCCCCCCC(=O)[O-].CC[N+](CC)(CC)CCC(O)(c1ccccc1)C1CCCCC1. The number of nitrogens with zero attached hydrogens (tertiary/aromatic N) is 1. The highest BCUT2D eigenvalue weighted by Crippen LogP contribution is 2.42. The third kappa shape index (κ3) is 11.8. The predicted octanol–water partition coefficient (Wildman–Crippen LogP) is 6.99. The minimum absolute atomic E-state index is 0.231. The van der Waals surface area contributed by atoms with E-state index in [2.05, 4.69) is 58.0 Å². The lowest BCUT2D eigenvalue weighted by molar-refractivity contribution is -0.924. The second-order valence-electron chi connectivity index (χ2n) is 11.0. The molecule has 0 aliphatic heterocycles. The summed E-state index contributed by atoms with van der Waals surface area (Å²) in [6.45, 7) is 13.6. The molecule has 1 aromatic carbocycles. The number of aliphatic hydroxyl groups is 1. The number of hydrogen-bond donors (Lipinski definition) is 1. The third-order valence-corrected chi connectivity index (χ3v) is 8.77. The van der Waals surface area contributed by atoms with Gasteiger partial charge in [-0.2, -0.15) is 0 Å². The van der Waals surface area contributed by atoms with Crippen LogP contribution in [0.15, 0.2) is 30.3 Å². The molecule has 0 aromatic heterocycles. The molecule has 0 bridgehead atoms. The van der Waals surface area contributed by atoms with E-state index in [1.807, 2.05) is 0 Å². The lowest BCUT2D eigenvalue weighted by Gasteiger charge is -2.43. The number of aliphatic carboxylic acids is 1. The third-order valence-electron chi connectivity index (χ3n) is 8.77. The van der Waals surface area contributed by atoms with Crippen molar-refractivity contribution >= 4 is 5.97 Å². The lowest BCUT2D eigenvalue weighted by Crippen LogP contribution is -2.51. The van der Waals surface area contributed by atoms with Gasteiger partial charge in [0.05, 0.1) is 31.8 Å². The van der Waals surface area contributed by atoms with E-state index in [-0.39, 0.29) is 6.42 Å². The summed E-state index contributed by atoms with van der Waals surface area (Å²) in [6.07, 6.45) is 16.9. The highest BCUT2D eigenvalue weighted by molar-refractivity contribution is 5.64. The van der Waals surface area contributed by atoms with Crippen LogP contribution in [-0.4, -0.2) is 41.7 Å². The number of rotatable bonds is 17. The van der Waals surface area contributed by atoms with E-state index in [1.165, 1.54) is 70.6 Å². The van der Waals surface area contributed by atoms with Crippen LogP contribution >= 0.6 is 0 Å². The van der Waals surface area contributed by atoms with Gasteiger partial charge < -0.3 is 19.5 Å². The largest absolute Gasteiger partial charge is 0.550 e. The molecule has 1 unspecified atom stereocenters. The van der Waals surface area contributed by atoms with E-state index in [4.69, 9.17) is 0 Å². The van der Waals surface area contributed by atoms with Crippen LogP contribution in [0.5, 0.6) is 0 Å². The quantitative estimate of drug-likeness (QED) is 0.184. The summed E-state index contributed by atoms with van der Waals surface area (Å²) in [5, 5.41) is 21.8. The van der Waals surface area contributed by atoms with Crippen molar-refractivity contribution in [3.8, 4) is 0 Å². The topological polar surface area (TPSA) is 60.4 Å². The van der Waals surface area contributed by atoms with Crippen LogP contribution in [0.2, 0.25) is 0 Å². The van der Waals surface area contributed by atoms with Crippen molar-refractivity contribution in [2.75, 3.05) is 26.2 Å². The summed E-state index contributed by atoms with van der Waals surface area (Å²) in [6, 6.07) is 10.5. The van der Waals surface area contributed by atoms with Crippen molar-refractivity contribution in [1.82, 2.24) is 0 Å². The van der Waals surface area contributed by atoms with Gasteiger partial charge in [0, 0.05) is 12.4 Å². The molecule has 1 fully saturated rings. The molecule has 1 aliphatic carbocycles. The molecule has 0 saturated heterocycles. The summed E-state index contributed by atoms with van der Waals surface area (Å²) in [4.78, 5) is 10.1. The smallest absolute Gasteiger partial charge is 0.0978 e. The zero-order valence-electron chi connectivity index (χ0n) is 24.1. The number of carbonyl (C=O) groups excluding carboxylic acids is 1. The van der Waals surface area contributed by atoms with Crippen molar-refractivity contribution in [3.05, 3.63) is 35.9 Å². The Balaban J connectivity index is 0.000000426. The van der Waals surface area contributed by atoms with Gasteiger partial charge in [-0.3, -0.25) is 0 Å². The van der Waals surface area contributed by atoms with Crippen LogP contribution < -0.4 is 5.11 Å². The molecular formula is C32H57NO3. The second-order valence-corrected chi connectivity index (χ2v) is 11.0. The first-order valence-corrected chi connectivity index (χ1v) is 15.2. The number of carboxylic acids is 1. The standard InChI is InChI=1S/C21H36NO.C11H22O2/c1-4-22(5-2,6-3)18-17-21(23,19-13-9-7-10-14-19)20-15-11-8-12-16-20;1-2-3-4-5-6-7-8-9-10-11(12)13/h7,9-10,13-14,20,23H,4-6,8,11-12,15-18H2,1-3H3;2-10H2,1H3,(H,12,13)/q+1;/p-1. The normalized spacial score (nSPS) is 16.1. The maximum Gasteiger partial charge on any atom is 0.0978 e. The highest BCUT2D eigenvalue weighted by Gasteiger charge is 2.40. The van der Waals surface area contributed by atoms with Gasteiger partial charge in [0.1, 0.15) is 0 Å². The van der Waals surface area contributed by atoms with Crippen LogP contribution in [-0.2, 0) is 10.4 Å². The first kappa shape index (κ1) is 32.6. The number of carbonyl (C=O) groups is 1. The molecule has 1 atom stereocenters. The average Bonchev–Trinajstić information content (AvgIpc) is 2.92. The number of carboxylic acid groups (broad SMARTS) is 1. The number of hydrogen-bond acceptors (Lipinski definition) is 3. The van der Waals surface area contributed by atoms with Crippen LogP contribution in [0.3, 0.4) is 0 Å². The van der Waals surface area contributed by atoms with Gasteiger partial charge >= 0.3 is 0 Å². The Hall–Kier alpha value is -1.39. The summed E-state index contributed by atoms with van der Waals surface area (Å²) in [7, 11) is 0. The van der Waals surface area contributed by atoms with Gasteiger partial charge in [-0.1, -0.05) is 101 Å². The fourth-order valence-electron chi connectivity index (χ4n) is 5.85. The van der Waals surface area contributed by atoms with E-state index in [1.54, 1.807) is 0 Å². The molecule has 1 saturated carbocycles. The van der Waals surface area contributed by atoms with E-state index in [9.17, 15) is 15.0 Å². The molecule has 0 amide bonds. The van der Waals surface area contributed by atoms with Gasteiger partial charge in [0.2, 0.25) is 0 Å². The number of benzene rings is 1. The minimum Gasteiger partial charge on any atom is -0.550 e. The van der Waals surface area contributed by atoms with Crippen molar-refractivity contribution in [2.45, 2.75) is 130 Å². The molecule has 4 heteroatoms. The van der Waals surface area contributed by atoms with Gasteiger partial charge in [-0.05, 0) is 57.9 Å². The van der Waals surface area contributed by atoms with E-state index < -0.39 is 11.6 Å². The summed E-state index contributed by atoms with van der Waals surface area (Å²) in [5.41, 5.74) is 0.485. The first-order valence-electron chi connectivity index (χ1n) is 15.2. The molecule has 208 valence electrons. The molecule has 2 rings (SSSR count). The number of quaternary nitrogens is 1. The van der Waals surface area contributed by atoms with Gasteiger partial charge in [-0.25, -0.2) is 0 Å². The zero-order valence-corrected chi connectivity index (χ0v) is 24.1. The summed E-state index contributed by atoms with van der Waals surface area (Å²) in [5.74, 6) is -0.489. The van der Waals surface area contributed by atoms with Crippen LogP contribution in [0.25, 0.3) is 0 Å². The molecule has 0 spiro atoms. The van der Waals surface area contributed by atoms with Gasteiger partial charge in [0.25, 0.3) is 0 Å². The molecule has 36 heavy (non-hydrogen) atoms. The molecule has 4 nitrogen and oxygen atoms in total. The maximum atomic E-state index is 11.7. The summed E-state index contributed by atoms with van der Waals surface area (Å²) < 4.78 is 1.11. The maximum absolute atomic E-state index is 11.7. The highest BCUT2D eigenvalue weighted by atomic mass is 16.4. The fourth-order valence-corrected chi connectivity index (χ4v) is 5.85. The minimum atomic E-state index is -0.911. The average molecular weight is 504 g/mol. The Labute approximate surface area is 223 Å². The number of unbranched alkanes of at least 4 members (excludes halogenated alkanes) is 7. The van der Waals surface area contributed by atoms with Crippen molar-refractivity contribution < 1.29 is 19.5 Å². The van der Waals surface area contributed by atoms with Crippen molar-refractivity contribution in [1.29, 1.82) is 0 Å². The molecule has 0 heterocycles. The second kappa shape index (κ2) is 18.8. The Morgan fingerprint density at radius 2 is 1.39 bits per heavy atom. The van der Waals surface area contributed by atoms with E-state index in [0.29, 0.717) is 5.92 Å². The monoisotopic (exact) mass is 503 g/mol. The molecule has 1 aromatic rings. The molecule has 1 N–H and O–H groups in total. The van der Waals surface area contributed by atoms with Gasteiger partial charge in [0.15, 0.2) is 0 Å². The Morgan fingerprint density at radius 1 is 0.861 bits per heavy atom. The Kier molecular flexibility index (Phi) is 17.0. The zero-order chi connectivity index (χ0) is 26.7. The Morgan fingerprint density at radius 3 is 1.89 bits per heavy atom. The van der Waals surface area contributed by atoms with Crippen LogP contribution in [0, 0.1) is 5.92 Å². The molecule has 1 aliphatic rings. The fraction of sp³-hybridized carbons (Fsp3) is 0.781. The molecular weight excluding hydrogens is 446 g/mol. The lowest BCUT2D eigenvalue weighted by atomic mass is 9.71. The first-order chi connectivity index (χ1) is 17.4. The van der Waals surface area contributed by atoms with E-state index in [0.717, 1.165) is 55.5 Å². The van der Waals surface area contributed by atoms with Crippen LogP contribution in [0.1, 0.15) is 130 Å². The van der Waals surface area contributed by atoms with Crippen molar-refractivity contribution in [2.24, 2.45) is 5.92 Å². The predicted molar refractivity (Wildman–Crippen MR) is 151 cm³/mol. The van der Waals surface area contributed by atoms with Gasteiger partial charge in [-0.15, -0.1) is 0 Å².